The molecule has 1 fully saturated rings. The van der Waals surface area contributed by atoms with Crippen molar-refractivity contribution < 1.29 is 14.1 Å². The van der Waals surface area contributed by atoms with Crippen LogP contribution in [0.2, 0.25) is 0 Å². The molecule has 154 valence electrons. The number of rotatable bonds is 6. The maximum absolute atomic E-state index is 12.7. The predicted octanol–water partition coefficient (Wildman–Crippen LogP) is 4.39. The second kappa shape index (κ2) is 8.42. The standard InChI is InChI=1S/C24H27BN2O3/c1-7-9-17(8-2)19-14-15-26-21(16-19)27-22(28)18-10-12-20(13-11-18)25-29-23(3,4)24(5,6)30-25/h7-16H,1-2H2,3-6H3,(H,26,27,28)/b17-9+. The lowest BCUT2D eigenvalue weighted by Crippen LogP contribution is -2.41. The van der Waals surface area contributed by atoms with Gasteiger partial charge in [0.15, 0.2) is 0 Å². The van der Waals surface area contributed by atoms with Crippen molar-refractivity contribution >= 4 is 29.9 Å². The van der Waals surface area contributed by atoms with Crippen molar-refractivity contribution in [3.63, 3.8) is 0 Å². The van der Waals surface area contributed by atoms with E-state index in [0.29, 0.717) is 11.4 Å². The summed E-state index contributed by atoms with van der Waals surface area (Å²) in [7, 11) is -0.459. The summed E-state index contributed by atoms with van der Waals surface area (Å²) in [4.78, 5) is 16.9. The number of amides is 1. The van der Waals surface area contributed by atoms with E-state index < -0.39 is 18.3 Å². The van der Waals surface area contributed by atoms with Crippen molar-refractivity contribution in [1.29, 1.82) is 0 Å². The van der Waals surface area contributed by atoms with Gasteiger partial charge in [0.2, 0.25) is 0 Å². The molecule has 0 radical (unpaired) electrons. The van der Waals surface area contributed by atoms with Crippen LogP contribution in [-0.4, -0.2) is 29.2 Å². The van der Waals surface area contributed by atoms with Crippen molar-refractivity contribution in [1.82, 2.24) is 4.98 Å². The Bertz CT molecular complexity index is 978. The number of pyridine rings is 1. The summed E-state index contributed by atoms with van der Waals surface area (Å²) in [5, 5.41) is 2.83. The number of nitrogens with zero attached hydrogens (tertiary/aromatic N) is 1. The van der Waals surface area contributed by atoms with Gasteiger partial charge in [0.1, 0.15) is 5.82 Å². The first kappa shape index (κ1) is 21.7. The average Bonchev–Trinajstić information content (AvgIpc) is 2.93. The van der Waals surface area contributed by atoms with Crippen LogP contribution in [0.15, 0.2) is 74.0 Å². The predicted molar refractivity (Wildman–Crippen MR) is 123 cm³/mol. The van der Waals surface area contributed by atoms with Crippen LogP contribution in [0.3, 0.4) is 0 Å². The van der Waals surface area contributed by atoms with E-state index in [9.17, 15) is 4.79 Å². The number of allylic oxidation sites excluding steroid dienone is 4. The molecule has 1 aromatic carbocycles. The smallest absolute Gasteiger partial charge is 0.399 e. The molecular weight excluding hydrogens is 375 g/mol. The summed E-state index contributed by atoms with van der Waals surface area (Å²) in [6.07, 6.45) is 6.92. The van der Waals surface area contributed by atoms with E-state index in [1.54, 1.807) is 36.5 Å². The monoisotopic (exact) mass is 402 g/mol. The third kappa shape index (κ3) is 4.45. The average molecular weight is 402 g/mol. The molecular formula is C24H27BN2O3. The summed E-state index contributed by atoms with van der Waals surface area (Å²) in [5.74, 6) is 0.220. The lowest BCUT2D eigenvalue weighted by Gasteiger charge is -2.32. The molecule has 3 rings (SSSR count). The highest BCUT2D eigenvalue weighted by Gasteiger charge is 2.51. The van der Waals surface area contributed by atoms with Gasteiger partial charge in [0.05, 0.1) is 11.2 Å². The molecule has 2 aromatic rings. The first-order valence-electron chi connectivity index (χ1n) is 9.85. The van der Waals surface area contributed by atoms with Crippen LogP contribution in [0, 0.1) is 0 Å². The Morgan fingerprint density at radius 3 is 2.23 bits per heavy atom. The maximum Gasteiger partial charge on any atom is 0.494 e. The number of aromatic nitrogens is 1. The Morgan fingerprint density at radius 1 is 1.03 bits per heavy atom. The molecule has 1 amide bonds. The van der Waals surface area contributed by atoms with Crippen molar-refractivity contribution in [2.75, 3.05) is 5.32 Å². The highest BCUT2D eigenvalue weighted by atomic mass is 16.7. The van der Waals surface area contributed by atoms with Crippen LogP contribution in [0.4, 0.5) is 5.82 Å². The van der Waals surface area contributed by atoms with Gasteiger partial charge in [-0.15, -0.1) is 0 Å². The topological polar surface area (TPSA) is 60.5 Å². The minimum atomic E-state index is -0.459. The van der Waals surface area contributed by atoms with Crippen LogP contribution in [0.1, 0.15) is 43.6 Å². The molecule has 1 aliphatic rings. The number of hydrogen-bond acceptors (Lipinski definition) is 4. The molecule has 6 heteroatoms. The van der Waals surface area contributed by atoms with E-state index in [2.05, 4.69) is 23.5 Å². The van der Waals surface area contributed by atoms with Crippen molar-refractivity contribution in [3.05, 3.63) is 85.1 Å². The van der Waals surface area contributed by atoms with Crippen LogP contribution >= 0.6 is 0 Å². The van der Waals surface area contributed by atoms with Gasteiger partial charge in [-0.25, -0.2) is 4.98 Å². The number of benzene rings is 1. The molecule has 2 heterocycles. The minimum absolute atomic E-state index is 0.243. The Morgan fingerprint density at radius 2 is 1.67 bits per heavy atom. The number of nitrogens with one attached hydrogen (secondary N) is 1. The zero-order valence-corrected chi connectivity index (χ0v) is 17.9. The zero-order valence-electron chi connectivity index (χ0n) is 17.9. The van der Waals surface area contributed by atoms with E-state index in [1.165, 1.54) is 0 Å². The molecule has 1 aliphatic heterocycles. The Hall–Kier alpha value is -2.96. The van der Waals surface area contributed by atoms with E-state index in [0.717, 1.165) is 16.6 Å². The fourth-order valence-corrected chi connectivity index (χ4v) is 3.05. The molecule has 0 spiro atoms. The summed E-state index contributed by atoms with van der Waals surface area (Å²) in [6.45, 7) is 15.6. The highest BCUT2D eigenvalue weighted by molar-refractivity contribution is 6.62. The van der Waals surface area contributed by atoms with Crippen molar-refractivity contribution in [3.8, 4) is 0 Å². The lowest BCUT2D eigenvalue weighted by atomic mass is 9.79. The van der Waals surface area contributed by atoms with Crippen LogP contribution in [-0.2, 0) is 9.31 Å². The number of hydrogen-bond donors (Lipinski definition) is 1. The third-order valence-electron chi connectivity index (χ3n) is 5.55. The minimum Gasteiger partial charge on any atom is -0.399 e. The van der Waals surface area contributed by atoms with Gasteiger partial charge in [-0.3, -0.25) is 4.79 Å². The van der Waals surface area contributed by atoms with Crippen molar-refractivity contribution in [2.24, 2.45) is 0 Å². The largest absolute Gasteiger partial charge is 0.494 e. The molecule has 1 N–H and O–H groups in total. The zero-order chi connectivity index (χ0) is 21.9. The summed E-state index contributed by atoms with van der Waals surface area (Å²) >= 11 is 0. The fourth-order valence-electron chi connectivity index (χ4n) is 3.05. The van der Waals surface area contributed by atoms with E-state index >= 15 is 0 Å². The van der Waals surface area contributed by atoms with E-state index in [4.69, 9.17) is 9.31 Å². The molecule has 0 saturated carbocycles. The normalized spacial score (nSPS) is 17.5. The SMILES string of the molecule is C=C/C=C(\C=C)c1ccnc(NC(=O)c2ccc(B3OC(C)(C)C(C)(C)O3)cc2)c1. The molecule has 0 aliphatic carbocycles. The first-order valence-corrected chi connectivity index (χ1v) is 9.85. The van der Waals surface area contributed by atoms with Gasteiger partial charge in [-0.05, 0) is 68.6 Å². The maximum atomic E-state index is 12.7. The summed E-state index contributed by atoms with van der Waals surface area (Å²) in [6, 6.07) is 10.9. The summed E-state index contributed by atoms with van der Waals surface area (Å²) in [5.41, 5.74) is 2.37. The Labute approximate surface area is 178 Å². The van der Waals surface area contributed by atoms with Gasteiger partial charge < -0.3 is 14.6 Å². The first-order chi connectivity index (χ1) is 14.2. The van der Waals surface area contributed by atoms with E-state index in [1.807, 2.05) is 52.0 Å². The van der Waals surface area contributed by atoms with Crippen LogP contribution < -0.4 is 10.8 Å². The second-order valence-electron chi connectivity index (χ2n) is 8.16. The van der Waals surface area contributed by atoms with Gasteiger partial charge >= 0.3 is 7.12 Å². The van der Waals surface area contributed by atoms with Gasteiger partial charge in [-0.1, -0.05) is 43.5 Å². The molecule has 0 unspecified atom stereocenters. The molecule has 1 saturated heterocycles. The molecule has 0 atom stereocenters. The van der Waals surface area contributed by atoms with Crippen LogP contribution in [0.25, 0.3) is 5.57 Å². The van der Waals surface area contributed by atoms with Gasteiger partial charge in [0, 0.05) is 11.8 Å². The van der Waals surface area contributed by atoms with Gasteiger partial charge in [0.25, 0.3) is 5.91 Å². The number of carbonyl (C=O) groups excluding carboxylic acids is 1. The highest BCUT2D eigenvalue weighted by Crippen LogP contribution is 2.36. The lowest BCUT2D eigenvalue weighted by molar-refractivity contribution is 0.00578. The Kier molecular flexibility index (Phi) is 6.10. The van der Waals surface area contributed by atoms with Crippen molar-refractivity contribution in [2.45, 2.75) is 38.9 Å². The quantitative estimate of drug-likeness (QED) is 0.575. The molecule has 1 aromatic heterocycles. The molecule has 0 bridgehead atoms. The van der Waals surface area contributed by atoms with E-state index in [-0.39, 0.29) is 5.91 Å². The second-order valence-corrected chi connectivity index (χ2v) is 8.16. The van der Waals surface area contributed by atoms with Crippen LogP contribution in [0.5, 0.6) is 0 Å². The number of anilines is 1. The Balaban J connectivity index is 1.72. The third-order valence-corrected chi connectivity index (χ3v) is 5.55. The fraction of sp³-hybridized carbons (Fsp3) is 0.250. The summed E-state index contributed by atoms with van der Waals surface area (Å²) < 4.78 is 12.1. The van der Waals surface area contributed by atoms with Gasteiger partial charge in [-0.2, -0.15) is 0 Å². The molecule has 30 heavy (non-hydrogen) atoms. The molecule has 5 nitrogen and oxygen atoms in total. The number of carbonyl (C=O) groups is 1.